The van der Waals surface area contributed by atoms with Crippen LogP contribution in [0.5, 0.6) is 0 Å². The first-order chi connectivity index (χ1) is 8.10. The number of fused-ring (bicyclic) bond motifs is 1. The average molecular weight is 232 g/mol. The third-order valence-electron chi connectivity index (χ3n) is 3.53. The van der Waals surface area contributed by atoms with Gasteiger partial charge in [0.2, 0.25) is 5.91 Å². The summed E-state index contributed by atoms with van der Waals surface area (Å²) < 4.78 is 0. The molecule has 0 fully saturated rings. The maximum absolute atomic E-state index is 12.2. The Balaban J connectivity index is 2.50. The number of hydrogen-bond acceptors (Lipinski definition) is 2. The van der Waals surface area contributed by atoms with Crippen LogP contribution in [0.15, 0.2) is 18.2 Å². The summed E-state index contributed by atoms with van der Waals surface area (Å²) in [5.74, 6) is 0.246. The van der Waals surface area contributed by atoms with Gasteiger partial charge < -0.3 is 10.6 Å². The molecule has 92 valence electrons. The van der Waals surface area contributed by atoms with Crippen LogP contribution in [0, 0.1) is 0 Å². The van der Waals surface area contributed by atoms with Gasteiger partial charge in [-0.25, -0.2) is 0 Å². The van der Waals surface area contributed by atoms with Crippen LogP contribution in [0.4, 0.5) is 5.69 Å². The third kappa shape index (κ3) is 1.84. The highest BCUT2D eigenvalue weighted by atomic mass is 16.2. The number of nitrogens with two attached hydrogens (primary N) is 1. The van der Waals surface area contributed by atoms with Crippen molar-refractivity contribution in [3.63, 3.8) is 0 Å². The lowest BCUT2D eigenvalue weighted by Crippen LogP contribution is -2.28. The SMILES string of the molecule is CCC1C(=O)N(CC)c2ccc(C(C)N)cc21. The van der Waals surface area contributed by atoms with Gasteiger partial charge in [0, 0.05) is 18.3 Å². The number of likely N-dealkylation sites (N-methyl/N-ethyl adjacent to an activating group) is 1. The Labute approximate surface area is 103 Å². The van der Waals surface area contributed by atoms with Crippen molar-refractivity contribution >= 4 is 11.6 Å². The number of rotatable bonds is 3. The van der Waals surface area contributed by atoms with Gasteiger partial charge in [-0.1, -0.05) is 19.1 Å². The summed E-state index contributed by atoms with van der Waals surface area (Å²) in [6, 6.07) is 6.17. The maximum Gasteiger partial charge on any atom is 0.234 e. The zero-order valence-corrected chi connectivity index (χ0v) is 10.7. The van der Waals surface area contributed by atoms with Crippen molar-refractivity contribution in [2.24, 2.45) is 5.73 Å². The first-order valence-corrected chi connectivity index (χ1v) is 6.30. The molecule has 2 atom stereocenters. The number of hydrogen-bond donors (Lipinski definition) is 1. The molecule has 2 N–H and O–H groups in total. The molecule has 0 bridgehead atoms. The van der Waals surface area contributed by atoms with Crippen LogP contribution in [-0.4, -0.2) is 12.5 Å². The molecule has 1 aliphatic heterocycles. The maximum atomic E-state index is 12.2. The first-order valence-electron chi connectivity index (χ1n) is 6.30. The van der Waals surface area contributed by atoms with E-state index in [0.29, 0.717) is 0 Å². The Morgan fingerprint density at radius 2 is 2.12 bits per heavy atom. The lowest BCUT2D eigenvalue weighted by atomic mass is 9.95. The molecular formula is C14H20N2O. The van der Waals surface area contributed by atoms with Gasteiger partial charge in [-0.05, 0) is 37.5 Å². The Morgan fingerprint density at radius 3 is 2.65 bits per heavy atom. The van der Waals surface area contributed by atoms with Gasteiger partial charge in [0.25, 0.3) is 0 Å². The molecule has 0 radical (unpaired) electrons. The molecule has 0 spiro atoms. The molecule has 3 nitrogen and oxygen atoms in total. The number of nitrogens with zero attached hydrogens (tertiary/aromatic N) is 1. The van der Waals surface area contributed by atoms with Crippen LogP contribution in [0.1, 0.15) is 50.3 Å². The van der Waals surface area contributed by atoms with Crippen LogP contribution in [0.2, 0.25) is 0 Å². The molecule has 1 aliphatic rings. The van der Waals surface area contributed by atoms with Crippen molar-refractivity contribution in [2.75, 3.05) is 11.4 Å². The van der Waals surface area contributed by atoms with E-state index in [0.717, 1.165) is 29.8 Å². The molecule has 3 heteroatoms. The molecular weight excluding hydrogens is 212 g/mol. The number of carbonyl (C=O) groups excluding carboxylic acids is 1. The predicted molar refractivity (Wildman–Crippen MR) is 70.1 cm³/mol. The summed E-state index contributed by atoms with van der Waals surface area (Å²) in [4.78, 5) is 14.1. The minimum absolute atomic E-state index is 0.0172. The van der Waals surface area contributed by atoms with Gasteiger partial charge in [-0.15, -0.1) is 0 Å². The van der Waals surface area contributed by atoms with Gasteiger partial charge >= 0.3 is 0 Å². The Morgan fingerprint density at radius 1 is 1.41 bits per heavy atom. The van der Waals surface area contributed by atoms with E-state index in [2.05, 4.69) is 13.0 Å². The molecule has 0 aromatic heterocycles. The molecule has 0 aliphatic carbocycles. The van der Waals surface area contributed by atoms with Crippen molar-refractivity contribution in [3.05, 3.63) is 29.3 Å². The van der Waals surface area contributed by atoms with Crippen molar-refractivity contribution in [1.82, 2.24) is 0 Å². The topological polar surface area (TPSA) is 46.3 Å². The lowest BCUT2D eigenvalue weighted by molar-refractivity contribution is -0.119. The van der Waals surface area contributed by atoms with E-state index < -0.39 is 0 Å². The number of benzene rings is 1. The smallest absolute Gasteiger partial charge is 0.234 e. The van der Waals surface area contributed by atoms with E-state index in [4.69, 9.17) is 5.73 Å². The lowest BCUT2D eigenvalue weighted by Gasteiger charge is -2.15. The van der Waals surface area contributed by atoms with Crippen LogP contribution in [0.3, 0.4) is 0 Å². The van der Waals surface area contributed by atoms with Gasteiger partial charge in [-0.3, -0.25) is 4.79 Å². The van der Waals surface area contributed by atoms with Gasteiger partial charge in [0.15, 0.2) is 0 Å². The van der Waals surface area contributed by atoms with E-state index in [1.807, 2.05) is 30.9 Å². The molecule has 1 heterocycles. The molecule has 2 unspecified atom stereocenters. The summed E-state index contributed by atoms with van der Waals surface area (Å²) in [6.07, 6.45) is 0.852. The average Bonchev–Trinajstić information content (AvgIpc) is 2.58. The fourth-order valence-electron chi connectivity index (χ4n) is 2.54. The summed E-state index contributed by atoms with van der Waals surface area (Å²) >= 11 is 0. The van der Waals surface area contributed by atoms with E-state index in [1.54, 1.807) is 0 Å². The standard InChI is InChI=1S/C14H20N2O/c1-4-11-12-8-10(9(3)15)6-7-13(12)16(5-2)14(11)17/h6-9,11H,4-5,15H2,1-3H3. The van der Waals surface area contributed by atoms with E-state index in [-0.39, 0.29) is 17.9 Å². The van der Waals surface area contributed by atoms with Crippen LogP contribution < -0.4 is 10.6 Å². The minimum atomic E-state index is 0.0172. The fourth-order valence-corrected chi connectivity index (χ4v) is 2.54. The Bertz CT molecular complexity index is 440. The monoisotopic (exact) mass is 232 g/mol. The quantitative estimate of drug-likeness (QED) is 0.870. The van der Waals surface area contributed by atoms with Crippen molar-refractivity contribution in [3.8, 4) is 0 Å². The zero-order valence-electron chi connectivity index (χ0n) is 10.7. The number of carbonyl (C=O) groups is 1. The molecule has 0 saturated carbocycles. The largest absolute Gasteiger partial charge is 0.324 e. The Kier molecular flexibility index (Phi) is 3.20. The second-order valence-electron chi connectivity index (χ2n) is 4.65. The van der Waals surface area contributed by atoms with Gasteiger partial charge in [-0.2, -0.15) is 0 Å². The van der Waals surface area contributed by atoms with Gasteiger partial charge in [0.1, 0.15) is 0 Å². The van der Waals surface area contributed by atoms with E-state index in [1.165, 1.54) is 0 Å². The van der Waals surface area contributed by atoms with Crippen molar-refractivity contribution < 1.29 is 4.79 Å². The highest BCUT2D eigenvalue weighted by Gasteiger charge is 2.35. The Hall–Kier alpha value is -1.35. The predicted octanol–water partition coefficient (Wildman–Crippen LogP) is 2.57. The molecule has 1 amide bonds. The summed E-state index contributed by atoms with van der Waals surface area (Å²) in [6.45, 7) is 6.78. The molecule has 1 aromatic carbocycles. The minimum Gasteiger partial charge on any atom is -0.324 e. The summed E-state index contributed by atoms with van der Waals surface area (Å²) in [7, 11) is 0. The second-order valence-corrected chi connectivity index (χ2v) is 4.65. The van der Waals surface area contributed by atoms with Gasteiger partial charge in [0.05, 0.1) is 5.92 Å². The van der Waals surface area contributed by atoms with Crippen LogP contribution in [0.25, 0.3) is 0 Å². The van der Waals surface area contributed by atoms with Crippen molar-refractivity contribution in [2.45, 2.75) is 39.2 Å². The number of anilines is 1. The molecule has 17 heavy (non-hydrogen) atoms. The zero-order chi connectivity index (χ0) is 12.6. The molecule has 1 aromatic rings. The van der Waals surface area contributed by atoms with Crippen LogP contribution in [-0.2, 0) is 4.79 Å². The second kappa shape index (κ2) is 4.49. The third-order valence-corrected chi connectivity index (χ3v) is 3.53. The van der Waals surface area contributed by atoms with Crippen molar-refractivity contribution in [1.29, 1.82) is 0 Å². The highest BCUT2D eigenvalue weighted by molar-refractivity contribution is 6.04. The fraction of sp³-hybridized carbons (Fsp3) is 0.500. The normalized spacial score (nSPS) is 20.6. The summed E-state index contributed by atoms with van der Waals surface area (Å²) in [5, 5.41) is 0. The van der Waals surface area contributed by atoms with E-state index in [9.17, 15) is 4.79 Å². The highest BCUT2D eigenvalue weighted by Crippen LogP contribution is 2.39. The molecule has 0 saturated heterocycles. The molecule has 2 rings (SSSR count). The van der Waals surface area contributed by atoms with Crippen LogP contribution >= 0.6 is 0 Å². The first kappa shape index (κ1) is 12.1. The number of amides is 1. The summed E-state index contributed by atoms with van der Waals surface area (Å²) in [5.41, 5.74) is 9.21. The van der Waals surface area contributed by atoms with E-state index >= 15 is 0 Å².